The van der Waals surface area contributed by atoms with E-state index < -0.39 is 5.54 Å². The molecule has 0 aliphatic carbocycles. The van der Waals surface area contributed by atoms with E-state index in [0.717, 1.165) is 6.42 Å². The number of carbonyl (C=O) groups is 3. The zero-order valence-corrected chi connectivity index (χ0v) is 13.8. The Kier molecular flexibility index (Phi) is 4.85. The van der Waals surface area contributed by atoms with Gasteiger partial charge in [-0.15, -0.1) is 0 Å². The van der Waals surface area contributed by atoms with Gasteiger partial charge in [-0.2, -0.15) is 0 Å². The largest absolute Gasteiger partial charge is 0.342 e. The Morgan fingerprint density at radius 2 is 1.74 bits per heavy atom. The number of carbonyl (C=O) groups excluding carboxylic acids is 3. The maximum atomic E-state index is 12.4. The van der Waals surface area contributed by atoms with Gasteiger partial charge in [0.15, 0.2) is 0 Å². The summed E-state index contributed by atoms with van der Waals surface area (Å²) in [5.74, 6) is -0.804. The van der Waals surface area contributed by atoms with Crippen molar-refractivity contribution >= 4 is 17.7 Å². The normalized spacial score (nSPS) is 16.3. The molecule has 124 valence electrons. The van der Waals surface area contributed by atoms with Gasteiger partial charge in [-0.1, -0.05) is 25.5 Å². The van der Waals surface area contributed by atoms with Crippen LogP contribution in [-0.4, -0.2) is 53.2 Å². The molecule has 1 heterocycles. The summed E-state index contributed by atoms with van der Waals surface area (Å²) in [5, 5.41) is 0. The van der Waals surface area contributed by atoms with Crippen molar-refractivity contribution in [1.82, 2.24) is 9.80 Å². The van der Waals surface area contributed by atoms with Crippen LogP contribution in [0, 0.1) is 0 Å². The Morgan fingerprint density at radius 3 is 2.22 bits per heavy atom. The molecule has 3 amide bonds. The minimum absolute atomic E-state index is 0.163. The van der Waals surface area contributed by atoms with Crippen LogP contribution >= 0.6 is 0 Å². The summed E-state index contributed by atoms with van der Waals surface area (Å²) >= 11 is 0. The number of fused-ring (bicyclic) bond motifs is 1. The minimum atomic E-state index is -0.925. The molecule has 0 radical (unpaired) electrons. The van der Waals surface area contributed by atoms with Gasteiger partial charge in [0.05, 0.1) is 16.7 Å². The highest BCUT2D eigenvalue weighted by Gasteiger charge is 2.36. The van der Waals surface area contributed by atoms with Crippen molar-refractivity contribution in [3.8, 4) is 0 Å². The van der Waals surface area contributed by atoms with E-state index in [4.69, 9.17) is 5.73 Å². The molecule has 0 fully saturated rings. The quantitative estimate of drug-likeness (QED) is 0.801. The van der Waals surface area contributed by atoms with Crippen LogP contribution in [-0.2, 0) is 4.79 Å². The zero-order chi connectivity index (χ0) is 17.2. The number of nitrogens with zero attached hydrogens (tertiary/aromatic N) is 2. The SMILES string of the molecule is CCCC(C)(N)C(=O)N(C)CCN1C(=O)c2ccccc2C1=O. The molecule has 2 N–H and O–H groups in total. The van der Waals surface area contributed by atoms with Gasteiger partial charge in [0.1, 0.15) is 0 Å². The van der Waals surface area contributed by atoms with Crippen molar-refractivity contribution in [2.45, 2.75) is 32.2 Å². The van der Waals surface area contributed by atoms with Gasteiger partial charge in [0, 0.05) is 20.1 Å². The molecule has 6 nitrogen and oxygen atoms in total. The average molecular weight is 317 g/mol. The highest BCUT2D eigenvalue weighted by atomic mass is 16.2. The lowest BCUT2D eigenvalue weighted by Gasteiger charge is -2.29. The Balaban J connectivity index is 2.01. The Labute approximate surface area is 136 Å². The number of rotatable bonds is 6. The number of imide groups is 1. The third-order valence-corrected chi connectivity index (χ3v) is 4.14. The second-order valence-electron chi connectivity index (χ2n) is 6.20. The summed E-state index contributed by atoms with van der Waals surface area (Å²) < 4.78 is 0. The highest BCUT2D eigenvalue weighted by molar-refractivity contribution is 6.21. The number of nitrogens with two attached hydrogens (primary N) is 1. The number of benzene rings is 1. The second-order valence-corrected chi connectivity index (χ2v) is 6.20. The van der Waals surface area contributed by atoms with Crippen molar-refractivity contribution in [2.24, 2.45) is 5.73 Å². The summed E-state index contributed by atoms with van der Waals surface area (Å²) in [6.07, 6.45) is 1.40. The molecular formula is C17H23N3O3. The molecule has 1 aromatic rings. The van der Waals surface area contributed by atoms with E-state index in [1.807, 2.05) is 6.92 Å². The van der Waals surface area contributed by atoms with Crippen molar-refractivity contribution in [3.63, 3.8) is 0 Å². The highest BCUT2D eigenvalue weighted by Crippen LogP contribution is 2.22. The Morgan fingerprint density at radius 1 is 1.22 bits per heavy atom. The van der Waals surface area contributed by atoms with E-state index in [0.29, 0.717) is 17.5 Å². The van der Waals surface area contributed by atoms with Gasteiger partial charge in [0.25, 0.3) is 11.8 Å². The van der Waals surface area contributed by atoms with Gasteiger partial charge in [-0.05, 0) is 25.5 Å². The van der Waals surface area contributed by atoms with E-state index in [-0.39, 0.29) is 30.8 Å². The van der Waals surface area contributed by atoms with E-state index in [1.54, 1.807) is 38.2 Å². The monoisotopic (exact) mass is 317 g/mol. The van der Waals surface area contributed by atoms with Crippen LogP contribution in [0.1, 0.15) is 47.4 Å². The molecule has 23 heavy (non-hydrogen) atoms. The molecule has 2 rings (SSSR count). The van der Waals surface area contributed by atoms with Crippen LogP contribution in [0.25, 0.3) is 0 Å². The van der Waals surface area contributed by atoms with Crippen LogP contribution in [0.3, 0.4) is 0 Å². The first-order valence-electron chi connectivity index (χ1n) is 7.79. The van der Waals surface area contributed by atoms with E-state index in [1.165, 1.54) is 9.80 Å². The van der Waals surface area contributed by atoms with Gasteiger partial charge in [0.2, 0.25) is 5.91 Å². The molecule has 6 heteroatoms. The third-order valence-electron chi connectivity index (χ3n) is 4.14. The smallest absolute Gasteiger partial charge is 0.261 e. The molecule has 1 aromatic carbocycles. The molecule has 0 bridgehead atoms. The van der Waals surface area contributed by atoms with E-state index in [9.17, 15) is 14.4 Å². The molecule has 1 aliphatic heterocycles. The van der Waals surface area contributed by atoms with Crippen molar-refractivity contribution < 1.29 is 14.4 Å². The van der Waals surface area contributed by atoms with Crippen LogP contribution in [0.2, 0.25) is 0 Å². The lowest BCUT2D eigenvalue weighted by Crippen LogP contribution is -2.53. The van der Waals surface area contributed by atoms with Crippen LogP contribution in [0.5, 0.6) is 0 Å². The fraction of sp³-hybridized carbons (Fsp3) is 0.471. The van der Waals surface area contributed by atoms with E-state index in [2.05, 4.69) is 0 Å². The number of hydrogen-bond donors (Lipinski definition) is 1. The summed E-state index contributed by atoms with van der Waals surface area (Å²) in [7, 11) is 1.64. The summed E-state index contributed by atoms with van der Waals surface area (Å²) in [5.41, 5.74) is 5.95. The predicted molar refractivity (Wildman–Crippen MR) is 86.9 cm³/mol. The number of likely N-dealkylation sites (N-methyl/N-ethyl adjacent to an activating group) is 1. The molecule has 0 saturated heterocycles. The van der Waals surface area contributed by atoms with Gasteiger partial charge >= 0.3 is 0 Å². The molecule has 0 aromatic heterocycles. The predicted octanol–water partition coefficient (Wildman–Crippen LogP) is 1.26. The topological polar surface area (TPSA) is 83.7 Å². The molecule has 1 aliphatic rings. The Hall–Kier alpha value is -2.21. The molecule has 1 atom stereocenters. The Bertz CT molecular complexity index is 605. The first kappa shape index (κ1) is 17.1. The summed E-state index contributed by atoms with van der Waals surface area (Å²) in [4.78, 5) is 39.6. The van der Waals surface area contributed by atoms with Gasteiger partial charge in [-0.3, -0.25) is 19.3 Å². The van der Waals surface area contributed by atoms with Crippen molar-refractivity contribution in [2.75, 3.05) is 20.1 Å². The zero-order valence-electron chi connectivity index (χ0n) is 13.8. The summed E-state index contributed by atoms with van der Waals surface area (Å²) in [6.45, 7) is 4.10. The van der Waals surface area contributed by atoms with E-state index >= 15 is 0 Å². The van der Waals surface area contributed by atoms with Crippen molar-refractivity contribution in [3.05, 3.63) is 35.4 Å². The van der Waals surface area contributed by atoms with Crippen LogP contribution in [0.15, 0.2) is 24.3 Å². The number of amides is 3. The fourth-order valence-corrected chi connectivity index (χ4v) is 2.86. The van der Waals surface area contributed by atoms with Crippen LogP contribution in [0.4, 0.5) is 0 Å². The third kappa shape index (κ3) is 3.27. The lowest BCUT2D eigenvalue weighted by molar-refractivity contribution is -0.135. The molecule has 0 saturated carbocycles. The van der Waals surface area contributed by atoms with Crippen LogP contribution < -0.4 is 5.73 Å². The first-order chi connectivity index (χ1) is 10.8. The number of hydrogen-bond acceptors (Lipinski definition) is 4. The standard InChI is InChI=1S/C17H23N3O3/c1-4-9-17(2,18)16(23)19(3)10-11-20-14(21)12-7-5-6-8-13(12)15(20)22/h5-8H,4,9-11,18H2,1-3H3. The molecule has 1 unspecified atom stereocenters. The lowest BCUT2D eigenvalue weighted by atomic mass is 9.96. The maximum Gasteiger partial charge on any atom is 0.261 e. The molecular weight excluding hydrogens is 294 g/mol. The summed E-state index contributed by atoms with van der Waals surface area (Å²) in [6, 6.07) is 6.74. The average Bonchev–Trinajstić information content (AvgIpc) is 2.76. The maximum absolute atomic E-state index is 12.4. The van der Waals surface area contributed by atoms with Crippen molar-refractivity contribution in [1.29, 1.82) is 0 Å². The molecule has 0 spiro atoms. The second kappa shape index (κ2) is 6.50. The first-order valence-corrected chi connectivity index (χ1v) is 7.79. The fourth-order valence-electron chi connectivity index (χ4n) is 2.86. The minimum Gasteiger partial charge on any atom is -0.342 e. The van der Waals surface area contributed by atoms with Gasteiger partial charge in [-0.25, -0.2) is 0 Å². The van der Waals surface area contributed by atoms with Gasteiger partial charge < -0.3 is 10.6 Å².